The number of hydrogen-bond donors (Lipinski definition) is 2. The summed E-state index contributed by atoms with van der Waals surface area (Å²) in [5.74, 6) is 1.28. The van der Waals surface area contributed by atoms with Gasteiger partial charge in [0.1, 0.15) is 25.9 Å². The number of aliphatic hydroxyl groups is 1. The predicted molar refractivity (Wildman–Crippen MR) is 107 cm³/mol. The lowest BCUT2D eigenvalue weighted by molar-refractivity contribution is 0.0693. The second kappa shape index (κ2) is 9.15. The molecule has 0 aliphatic carbocycles. The molecule has 0 bridgehead atoms. The van der Waals surface area contributed by atoms with Crippen LogP contribution in [-0.2, 0) is 11.3 Å². The van der Waals surface area contributed by atoms with Crippen molar-refractivity contribution in [3.05, 3.63) is 59.7 Å². The molecule has 2 aliphatic heterocycles. The molecule has 0 aromatic heterocycles. The molecule has 2 atom stereocenters. The Morgan fingerprint density at radius 1 is 1.10 bits per heavy atom. The summed E-state index contributed by atoms with van der Waals surface area (Å²) in [6.45, 7) is 3.66. The fourth-order valence-electron chi connectivity index (χ4n) is 3.46. The molecule has 0 spiro atoms. The lowest BCUT2D eigenvalue weighted by atomic mass is 10.00. The van der Waals surface area contributed by atoms with E-state index in [1.807, 2.05) is 30.3 Å². The van der Waals surface area contributed by atoms with Crippen molar-refractivity contribution >= 4 is 6.09 Å². The summed E-state index contributed by atoms with van der Waals surface area (Å²) in [7, 11) is 0. The third-order valence-electron chi connectivity index (χ3n) is 5.21. The van der Waals surface area contributed by atoms with E-state index in [1.54, 1.807) is 18.2 Å². The number of fused-ring (bicyclic) bond motifs is 1. The van der Waals surface area contributed by atoms with Gasteiger partial charge in [0.25, 0.3) is 0 Å². The van der Waals surface area contributed by atoms with Crippen LogP contribution in [0, 0.1) is 0 Å². The number of alkyl carbamates (subject to hydrolysis) is 1. The first-order chi connectivity index (χ1) is 14.2. The van der Waals surface area contributed by atoms with E-state index < -0.39 is 18.2 Å². The smallest absolute Gasteiger partial charge is 0.407 e. The lowest BCUT2D eigenvalue weighted by Gasteiger charge is -2.36. The molecule has 0 radical (unpaired) electrons. The minimum absolute atomic E-state index is 0.184. The van der Waals surface area contributed by atoms with Crippen LogP contribution in [-0.4, -0.2) is 55.0 Å². The van der Waals surface area contributed by atoms with Crippen LogP contribution in [0.5, 0.6) is 11.5 Å². The number of amides is 1. The number of likely N-dealkylation sites (tertiary alicyclic amines) is 1. The van der Waals surface area contributed by atoms with Crippen LogP contribution < -0.4 is 14.8 Å². The predicted octanol–water partition coefficient (Wildman–Crippen LogP) is 2.49. The molecule has 7 heteroatoms. The molecule has 2 aromatic rings. The zero-order valence-electron chi connectivity index (χ0n) is 16.3. The molecule has 2 aliphatic rings. The molecular weight excluding hydrogens is 372 g/mol. The Bertz CT molecular complexity index is 825. The summed E-state index contributed by atoms with van der Waals surface area (Å²) in [6.07, 6.45) is -0.308. The normalized spacial score (nSPS) is 17.7. The average Bonchev–Trinajstić information content (AvgIpc) is 2.73. The maximum Gasteiger partial charge on any atom is 0.407 e. The molecule has 1 fully saturated rings. The number of carbonyl (C=O) groups excluding carboxylic acids is 1. The minimum Gasteiger partial charge on any atom is -0.486 e. The molecule has 2 heterocycles. The Balaban J connectivity index is 1.42. The van der Waals surface area contributed by atoms with E-state index >= 15 is 0 Å². The van der Waals surface area contributed by atoms with Gasteiger partial charge >= 0.3 is 6.09 Å². The van der Waals surface area contributed by atoms with Crippen molar-refractivity contribution in [3.8, 4) is 11.5 Å². The highest BCUT2D eigenvalue weighted by molar-refractivity contribution is 5.67. The Morgan fingerprint density at radius 2 is 1.86 bits per heavy atom. The number of nitrogens with zero attached hydrogens (tertiary/aromatic N) is 1. The van der Waals surface area contributed by atoms with Crippen LogP contribution in [0.1, 0.15) is 23.7 Å². The molecule has 29 heavy (non-hydrogen) atoms. The second-order valence-corrected chi connectivity index (χ2v) is 7.31. The highest BCUT2D eigenvalue weighted by Gasteiger charge is 2.29. The lowest BCUT2D eigenvalue weighted by Crippen LogP contribution is -2.51. The van der Waals surface area contributed by atoms with E-state index in [4.69, 9.17) is 14.2 Å². The van der Waals surface area contributed by atoms with Crippen molar-refractivity contribution in [2.75, 3.05) is 32.8 Å². The van der Waals surface area contributed by atoms with Crippen LogP contribution >= 0.6 is 0 Å². The molecule has 1 saturated heterocycles. The van der Waals surface area contributed by atoms with E-state index in [-0.39, 0.29) is 6.61 Å². The fraction of sp³-hybridized carbons (Fsp3) is 0.409. The van der Waals surface area contributed by atoms with E-state index in [2.05, 4.69) is 10.2 Å². The third-order valence-corrected chi connectivity index (χ3v) is 5.21. The molecule has 7 nitrogen and oxygen atoms in total. The van der Waals surface area contributed by atoms with Crippen LogP contribution in [0.3, 0.4) is 0 Å². The van der Waals surface area contributed by atoms with Crippen molar-refractivity contribution in [1.29, 1.82) is 0 Å². The molecule has 1 amide bonds. The van der Waals surface area contributed by atoms with Crippen molar-refractivity contribution in [1.82, 2.24) is 10.2 Å². The number of ether oxygens (including phenoxy) is 3. The number of benzene rings is 2. The standard InChI is InChI=1S/C22H26N2O5/c25-21(17-7-8-19-20(13-17)28-12-11-27-19)18(14-24-9-4-10-24)23-22(26)29-15-16-5-2-1-3-6-16/h1-3,5-8,13,18,21,25H,4,9-12,14-15H2,(H,23,26)/t18-,21?/m1/s1. The first-order valence-electron chi connectivity index (χ1n) is 9.96. The van der Waals surface area contributed by atoms with Gasteiger partial charge in [-0.3, -0.25) is 0 Å². The summed E-state index contributed by atoms with van der Waals surface area (Å²) in [5.41, 5.74) is 1.58. The Kier molecular flexibility index (Phi) is 6.17. The van der Waals surface area contributed by atoms with Gasteiger partial charge in [0.2, 0.25) is 0 Å². The first kappa shape index (κ1) is 19.5. The van der Waals surface area contributed by atoms with Crippen LogP contribution in [0.15, 0.2) is 48.5 Å². The summed E-state index contributed by atoms with van der Waals surface area (Å²) < 4.78 is 16.5. The SMILES string of the molecule is O=C(N[C@H](CN1CCC1)C(O)c1ccc2c(c1)OCCO2)OCc1ccccc1. The molecule has 154 valence electrons. The average molecular weight is 398 g/mol. The zero-order chi connectivity index (χ0) is 20.1. The Morgan fingerprint density at radius 3 is 2.59 bits per heavy atom. The van der Waals surface area contributed by atoms with E-state index in [0.717, 1.165) is 25.1 Å². The van der Waals surface area contributed by atoms with Crippen molar-refractivity contribution in [2.24, 2.45) is 0 Å². The number of hydrogen-bond acceptors (Lipinski definition) is 6. The fourth-order valence-corrected chi connectivity index (χ4v) is 3.46. The maximum absolute atomic E-state index is 12.4. The summed E-state index contributed by atoms with van der Waals surface area (Å²) in [5, 5.41) is 13.8. The number of aliphatic hydroxyl groups excluding tert-OH is 1. The number of carbonyl (C=O) groups is 1. The van der Waals surface area contributed by atoms with Gasteiger partial charge in [-0.05, 0) is 42.8 Å². The monoisotopic (exact) mass is 398 g/mol. The zero-order valence-corrected chi connectivity index (χ0v) is 16.3. The van der Waals surface area contributed by atoms with E-state index in [1.165, 1.54) is 0 Å². The van der Waals surface area contributed by atoms with Crippen LogP contribution in [0.2, 0.25) is 0 Å². The van der Waals surface area contributed by atoms with Crippen molar-refractivity contribution < 1.29 is 24.1 Å². The van der Waals surface area contributed by atoms with Gasteiger partial charge < -0.3 is 29.5 Å². The summed E-state index contributed by atoms with van der Waals surface area (Å²) in [6, 6.07) is 14.4. The van der Waals surface area contributed by atoms with Gasteiger partial charge in [-0.25, -0.2) is 4.79 Å². The molecule has 2 aromatic carbocycles. The highest BCUT2D eigenvalue weighted by atomic mass is 16.6. The van der Waals surface area contributed by atoms with Crippen LogP contribution in [0.4, 0.5) is 4.79 Å². The van der Waals surface area contributed by atoms with E-state index in [9.17, 15) is 9.90 Å². The van der Waals surface area contributed by atoms with Crippen molar-refractivity contribution in [2.45, 2.75) is 25.2 Å². The molecular formula is C22H26N2O5. The summed E-state index contributed by atoms with van der Waals surface area (Å²) >= 11 is 0. The largest absolute Gasteiger partial charge is 0.486 e. The van der Waals surface area contributed by atoms with Gasteiger partial charge in [-0.2, -0.15) is 0 Å². The van der Waals surface area contributed by atoms with Gasteiger partial charge in [0.05, 0.1) is 6.04 Å². The molecule has 4 rings (SSSR count). The quantitative estimate of drug-likeness (QED) is 0.746. The van der Waals surface area contributed by atoms with Gasteiger partial charge in [-0.1, -0.05) is 36.4 Å². The topological polar surface area (TPSA) is 80.3 Å². The highest BCUT2D eigenvalue weighted by Crippen LogP contribution is 2.33. The Hall–Kier alpha value is -2.77. The van der Waals surface area contributed by atoms with E-state index in [0.29, 0.717) is 36.8 Å². The summed E-state index contributed by atoms with van der Waals surface area (Å²) in [4.78, 5) is 14.6. The second-order valence-electron chi connectivity index (χ2n) is 7.31. The maximum atomic E-state index is 12.4. The molecule has 1 unspecified atom stereocenters. The minimum atomic E-state index is -0.893. The molecule has 0 saturated carbocycles. The van der Waals surface area contributed by atoms with Gasteiger partial charge in [0.15, 0.2) is 11.5 Å². The van der Waals surface area contributed by atoms with Crippen molar-refractivity contribution in [3.63, 3.8) is 0 Å². The van der Waals surface area contributed by atoms with Gasteiger partial charge in [0, 0.05) is 6.54 Å². The number of rotatable bonds is 7. The number of nitrogens with one attached hydrogen (secondary N) is 1. The van der Waals surface area contributed by atoms with Crippen LogP contribution in [0.25, 0.3) is 0 Å². The first-order valence-corrected chi connectivity index (χ1v) is 9.96. The Labute approximate surface area is 170 Å². The van der Waals surface area contributed by atoms with Gasteiger partial charge in [-0.15, -0.1) is 0 Å². The molecule has 2 N–H and O–H groups in total. The third kappa shape index (κ3) is 4.99.